The van der Waals surface area contributed by atoms with Crippen LogP contribution in [0.1, 0.15) is 19.4 Å². The minimum atomic E-state index is -4.43. The molecule has 0 atom stereocenters. The largest absolute Gasteiger partial charge is 0.416 e. The molecule has 1 rings (SSSR count). The van der Waals surface area contributed by atoms with Crippen LogP contribution in [0.4, 0.5) is 13.2 Å². The van der Waals surface area contributed by atoms with Gasteiger partial charge in [-0.25, -0.2) is 4.57 Å². The van der Waals surface area contributed by atoms with Crippen LogP contribution >= 0.6 is 18.2 Å². The molecule has 19 heavy (non-hydrogen) atoms. The number of hydrogen-bond acceptors (Lipinski definition) is 4. The summed E-state index contributed by atoms with van der Waals surface area (Å²) in [6.07, 6.45) is -4.43. The summed E-state index contributed by atoms with van der Waals surface area (Å²) >= 11 is 0.682. The van der Waals surface area contributed by atoms with Gasteiger partial charge in [0, 0.05) is 4.90 Å². The van der Waals surface area contributed by atoms with Crippen molar-refractivity contribution in [3.63, 3.8) is 0 Å². The Bertz CT molecular complexity index is 455. The molecule has 0 N–H and O–H groups in total. The summed E-state index contributed by atoms with van der Waals surface area (Å²) in [5.74, 6) is 0. The normalized spacial score (nSPS) is 12.7. The molecule has 0 spiro atoms. The third kappa shape index (κ3) is 5.18. The van der Waals surface area contributed by atoms with E-state index in [0.717, 1.165) is 12.1 Å². The molecule has 1 aromatic carbocycles. The van der Waals surface area contributed by atoms with Crippen molar-refractivity contribution >= 4 is 18.2 Å². The lowest BCUT2D eigenvalue weighted by atomic mass is 10.2. The molecule has 0 fully saturated rings. The highest BCUT2D eigenvalue weighted by atomic mass is 32.7. The van der Waals surface area contributed by atoms with Crippen LogP contribution in [0, 0.1) is 0 Å². The lowest BCUT2D eigenvalue weighted by Crippen LogP contribution is -2.04. The molecule has 0 aliphatic carbocycles. The zero-order valence-corrected chi connectivity index (χ0v) is 12.1. The van der Waals surface area contributed by atoms with Crippen LogP contribution in [0.25, 0.3) is 0 Å². The van der Waals surface area contributed by atoms with E-state index < -0.39 is 18.5 Å². The second kappa shape index (κ2) is 6.79. The van der Waals surface area contributed by atoms with Crippen LogP contribution in [0.3, 0.4) is 0 Å². The minimum absolute atomic E-state index is 0.156. The molecule has 0 unspecified atom stereocenters. The molecule has 1 aromatic rings. The van der Waals surface area contributed by atoms with Gasteiger partial charge in [-0.3, -0.25) is 0 Å². The Labute approximate surface area is 113 Å². The van der Waals surface area contributed by atoms with E-state index in [1.54, 1.807) is 13.8 Å². The summed E-state index contributed by atoms with van der Waals surface area (Å²) in [4.78, 5) is 0.194. The number of benzene rings is 1. The first-order valence-corrected chi connectivity index (χ1v) is 8.53. The molecular formula is C11H14F3O3PS. The maximum Gasteiger partial charge on any atom is 0.416 e. The predicted molar refractivity (Wildman–Crippen MR) is 68.2 cm³/mol. The molecule has 0 saturated heterocycles. The van der Waals surface area contributed by atoms with E-state index in [-0.39, 0.29) is 18.1 Å². The highest BCUT2D eigenvalue weighted by Gasteiger charge is 2.32. The first-order valence-electron chi connectivity index (χ1n) is 5.56. The molecule has 0 radical (unpaired) electrons. The third-order valence-electron chi connectivity index (χ3n) is 1.95. The zero-order valence-electron chi connectivity index (χ0n) is 10.4. The van der Waals surface area contributed by atoms with Gasteiger partial charge in [-0.2, -0.15) is 13.2 Å². The fourth-order valence-corrected chi connectivity index (χ4v) is 4.72. The predicted octanol–water partition coefficient (Wildman–Crippen LogP) is 4.98. The van der Waals surface area contributed by atoms with Crippen molar-refractivity contribution in [2.75, 3.05) is 13.2 Å². The lowest BCUT2D eigenvalue weighted by molar-refractivity contribution is -0.137. The van der Waals surface area contributed by atoms with E-state index in [9.17, 15) is 17.7 Å². The average Bonchev–Trinajstić information content (AvgIpc) is 2.28. The summed E-state index contributed by atoms with van der Waals surface area (Å²) in [7, 11) is 0. The summed E-state index contributed by atoms with van der Waals surface area (Å²) in [6, 6.07) is 4.57. The van der Waals surface area contributed by atoms with Gasteiger partial charge in [0.1, 0.15) is 0 Å². The molecule has 108 valence electrons. The standard InChI is InChI=1S/C11H14F3O3PS/c1-3-16-18(15,17-4-2)19-10-7-5-6-9(8-10)11(12,13)14/h5-8H,3-4H2,1-2H3. The molecule has 0 saturated carbocycles. The topological polar surface area (TPSA) is 35.5 Å². The van der Waals surface area contributed by atoms with Gasteiger partial charge in [-0.15, -0.1) is 0 Å². The highest BCUT2D eigenvalue weighted by molar-refractivity contribution is 8.55. The molecule has 0 bridgehead atoms. The molecule has 0 aliphatic heterocycles. The van der Waals surface area contributed by atoms with Gasteiger partial charge in [0.25, 0.3) is 0 Å². The maximum absolute atomic E-state index is 12.6. The second-order valence-corrected chi connectivity index (χ2v) is 7.35. The molecule has 0 amide bonds. The fraction of sp³-hybridized carbons (Fsp3) is 0.455. The van der Waals surface area contributed by atoms with E-state index in [1.165, 1.54) is 12.1 Å². The van der Waals surface area contributed by atoms with Gasteiger partial charge < -0.3 is 9.05 Å². The Hall–Kier alpha value is -0.490. The van der Waals surface area contributed by atoms with Gasteiger partial charge in [0.2, 0.25) is 0 Å². The highest BCUT2D eigenvalue weighted by Crippen LogP contribution is 2.63. The summed E-state index contributed by atoms with van der Waals surface area (Å²) in [5.41, 5.74) is -0.794. The Kier molecular flexibility index (Phi) is 5.92. The first kappa shape index (κ1) is 16.6. The smallest absolute Gasteiger partial charge is 0.301 e. The van der Waals surface area contributed by atoms with Crippen molar-refractivity contribution in [3.05, 3.63) is 29.8 Å². The number of hydrogen-bond donors (Lipinski definition) is 0. The van der Waals surface area contributed by atoms with Crippen molar-refractivity contribution in [3.8, 4) is 0 Å². The van der Waals surface area contributed by atoms with E-state index in [2.05, 4.69) is 0 Å². The van der Waals surface area contributed by atoms with Gasteiger partial charge >= 0.3 is 13.0 Å². The van der Waals surface area contributed by atoms with Crippen LogP contribution in [0.5, 0.6) is 0 Å². The fourth-order valence-electron chi connectivity index (χ4n) is 1.26. The third-order valence-corrected chi connectivity index (χ3v) is 5.73. The SMILES string of the molecule is CCOP(=O)(OCC)Sc1cccc(C(F)(F)F)c1. The first-order chi connectivity index (χ1) is 8.80. The van der Waals surface area contributed by atoms with Crippen molar-refractivity contribution in [1.29, 1.82) is 0 Å². The Morgan fingerprint density at radius 1 is 1.21 bits per heavy atom. The van der Waals surface area contributed by atoms with E-state index in [0.29, 0.717) is 11.4 Å². The number of rotatable bonds is 6. The lowest BCUT2D eigenvalue weighted by Gasteiger charge is -2.16. The maximum atomic E-state index is 12.6. The van der Waals surface area contributed by atoms with Crippen LogP contribution in [-0.4, -0.2) is 13.2 Å². The van der Waals surface area contributed by atoms with Crippen molar-refractivity contribution in [2.24, 2.45) is 0 Å². The Morgan fingerprint density at radius 2 is 1.79 bits per heavy atom. The summed E-state index contributed by atoms with van der Waals surface area (Å²) in [6.45, 7) is 0.122. The Morgan fingerprint density at radius 3 is 2.26 bits per heavy atom. The van der Waals surface area contributed by atoms with E-state index in [4.69, 9.17) is 9.05 Å². The van der Waals surface area contributed by atoms with Crippen LogP contribution in [0.2, 0.25) is 0 Å². The van der Waals surface area contributed by atoms with Crippen LogP contribution in [0.15, 0.2) is 29.2 Å². The zero-order chi connectivity index (χ0) is 14.5. The van der Waals surface area contributed by atoms with E-state index >= 15 is 0 Å². The minimum Gasteiger partial charge on any atom is -0.301 e. The number of halogens is 3. The number of alkyl halides is 3. The molecule has 0 aromatic heterocycles. The van der Waals surface area contributed by atoms with Gasteiger partial charge in [-0.1, -0.05) is 6.07 Å². The average molecular weight is 314 g/mol. The summed E-state index contributed by atoms with van der Waals surface area (Å²) in [5, 5.41) is 0. The quantitative estimate of drug-likeness (QED) is 0.694. The molecular weight excluding hydrogens is 300 g/mol. The van der Waals surface area contributed by atoms with E-state index in [1.807, 2.05) is 0 Å². The monoisotopic (exact) mass is 314 g/mol. The molecule has 0 heterocycles. The van der Waals surface area contributed by atoms with Crippen LogP contribution in [-0.2, 0) is 19.8 Å². The van der Waals surface area contributed by atoms with Crippen molar-refractivity contribution in [2.45, 2.75) is 24.9 Å². The van der Waals surface area contributed by atoms with Gasteiger partial charge in [0.15, 0.2) is 0 Å². The van der Waals surface area contributed by atoms with Crippen LogP contribution < -0.4 is 0 Å². The molecule has 8 heteroatoms. The van der Waals surface area contributed by atoms with Gasteiger partial charge in [0.05, 0.1) is 18.8 Å². The van der Waals surface area contributed by atoms with Crippen molar-refractivity contribution < 1.29 is 26.8 Å². The van der Waals surface area contributed by atoms with Crippen molar-refractivity contribution in [1.82, 2.24) is 0 Å². The second-order valence-electron chi connectivity index (χ2n) is 3.40. The molecule has 0 aliphatic rings. The van der Waals surface area contributed by atoms with Gasteiger partial charge in [-0.05, 0) is 43.4 Å². The Balaban J connectivity index is 2.94. The molecule has 3 nitrogen and oxygen atoms in total. The summed E-state index contributed by atoms with van der Waals surface area (Å²) < 4.78 is 59.9.